The van der Waals surface area contributed by atoms with E-state index < -0.39 is 42.7 Å². The van der Waals surface area contributed by atoms with Gasteiger partial charge in [0.05, 0.1) is 6.61 Å². The van der Waals surface area contributed by atoms with Crippen molar-refractivity contribution in [1.82, 2.24) is 10.2 Å². The van der Waals surface area contributed by atoms with Crippen LogP contribution in [0.5, 0.6) is 0 Å². The molecule has 11 nitrogen and oxygen atoms in total. The highest BCUT2D eigenvalue weighted by Crippen LogP contribution is 2.34. The highest BCUT2D eigenvalue weighted by atomic mass is 16.6. The molecule has 11 heteroatoms. The molecule has 2 aliphatic heterocycles. The van der Waals surface area contributed by atoms with Crippen LogP contribution in [0, 0.1) is 0 Å². The van der Waals surface area contributed by atoms with Gasteiger partial charge in [-0.25, -0.2) is 4.79 Å². The number of nitrogens with one attached hydrogen (secondary N) is 1. The first-order chi connectivity index (χ1) is 9.45. The first kappa shape index (κ1) is 14.5. The second-order valence-corrected chi connectivity index (χ2v) is 4.43. The van der Waals surface area contributed by atoms with E-state index in [1.54, 1.807) is 0 Å². The van der Waals surface area contributed by atoms with Crippen LogP contribution in [0.25, 0.3) is 10.4 Å². The summed E-state index contributed by atoms with van der Waals surface area (Å²) in [6.07, 6.45) is -4.64. The summed E-state index contributed by atoms with van der Waals surface area (Å²) >= 11 is 0. The largest absolute Gasteiger partial charge is 0.393 e. The monoisotopic (exact) mass is 287 g/mol. The van der Waals surface area contributed by atoms with Gasteiger partial charge in [-0.2, -0.15) is 0 Å². The number of hydrogen-bond donors (Lipinski definition) is 4. The fourth-order valence-electron chi connectivity index (χ4n) is 2.16. The molecule has 0 aliphatic carbocycles. The number of aliphatic hydroxyl groups excluding tert-OH is 3. The van der Waals surface area contributed by atoms with E-state index in [1.165, 1.54) is 0 Å². The summed E-state index contributed by atoms with van der Waals surface area (Å²) in [4.78, 5) is 26.1. The molecular formula is C9H13N5O6. The quantitative estimate of drug-likeness (QED) is 0.266. The van der Waals surface area contributed by atoms with E-state index in [1.807, 2.05) is 5.32 Å². The van der Waals surface area contributed by atoms with Crippen LogP contribution in [0.15, 0.2) is 5.11 Å². The minimum Gasteiger partial charge on any atom is -0.393 e. The van der Waals surface area contributed by atoms with E-state index in [0.717, 1.165) is 4.90 Å². The lowest BCUT2D eigenvalue weighted by molar-refractivity contribution is -0.141. The molecule has 2 heterocycles. The van der Waals surface area contributed by atoms with Crippen LogP contribution >= 0.6 is 0 Å². The van der Waals surface area contributed by atoms with E-state index in [2.05, 4.69) is 10.0 Å². The van der Waals surface area contributed by atoms with Gasteiger partial charge in [0.2, 0.25) is 11.6 Å². The third kappa shape index (κ3) is 2.17. The van der Waals surface area contributed by atoms with Crippen LogP contribution in [0.4, 0.5) is 4.79 Å². The lowest BCUT2D eigenvalue weighted by Gasteiger charge is -2.33. The molecular weight excluding hydrogens is 274 g/mol. The van der Waals surface area contributed by atoms with Gasteiger partial charge in [-0.3, -0.25) is 15.0 Å². The molecule has 0 saturated carbocycles. The van der Waals surface area contributed by atoms with Gasteiger partial charge >= 0.3 is 6.03 Å². The standard InChI is InChI=1S/C9H13N5O6/c10-13-12-9(3-15)6(18)5(17)7(20-9)14-2-1-4(16)11-8(14)19/h5-7,15,17-18H,1-3H2,(H,11,16,19)/t5-,6-,7+,9+/m0/s1. The second-order valence-electron chi connectivity index (χ2n) is 4.43. The Morgan fingerprint density at radius 2 is 2.25 bits per heavy atom. The molecule has 0 radical (unpaired) electrons. The fraction of sp³-hybridized carbons (Fsp3) is 0.778. The highest BCUT2D eigenvalue weighted by Gasteiger charge is 2.56. The predicted molar refractivity (Wildman–Crippen MR) is 60.7 cm³/mol. The number of carbonyl (C=O) groups excluding carboxylic acids is 2. The van der Waals surface area contributed by atoms with E-state index in [4.69, 9.17) is 10.3 Å². The van der Waals surface area contributed by atoms with Crippen LogP contribution in [-0.4, -0.2) is 69.5 Å². The van der Waals surface area contributed by atoms with Crippen LogP contribution in [0.1, 0.15) is 6.42 Å². The van der Waals surface area contributed by atoms with Crippen molar-refractivity contribution >= 4 is 11.9 Å². The SMILES string of the molecule is [N-]=[N+]=N[C@]1(CO)O[C@@H](N2CCC(=O)NC2=O)[C@@H](O)[C@@H]1O. The Hall–Kier alpha value is -1.91. The normalized spacial score (nSPS) is 37.5. The summed E-state index contributed by atoms with van der Waals surface area (Å²) in [7, 11) is 0. The van der Waals surface area contributed by atoms with Crippen LogP contribution in [-0.2, 0) is 9.53 Å². The number of ether oxygens (including phenoxy) is 1. The summed E-state index contributed by atoms with van der Waals surface area (Å²) in [6.45, 7) is -0.906. The van der Waals surface area contributed by atoms with E-state index in [9.17, 15) is 24.9 Å². The van der Waals surface area contributed by atoms with Gasteiger partial charge in [0.1, 0.15) is 12.2 Å². The van der Waals surface area contributed by atoms with Crippen LogP contribution in [0.2, 0.25) is 0 Å². The summed E-state index contributed by atoms with van der Waals surface area (Å²) < 4.78 is 5.19. The number of carbonyl (C=O) groups is 2. The molecule has 2 saturated heterocycles. The Morgan fingerprint density at radius 3 is 2.80 bits per heavy atom. The number of azide groups is 1. The summed E-state index contributed by atoms with van der Waals surface area (Å²) in [6, 6.07) is -0.799. The number of urea groups is 1. The van der Waals surface area contributed by atoms with Gasteiger partial charge in [-0.15, -0.1) is 0 Å². The molecule has 0 bridgehead atoms. The molecule has 3 amide bonds. The maximum absolute atomic E-state index is 11.7. The topological polar surface area (TPSA) is 168 Å². The summed E-state index contributed by atoms with van der Waals surface area (Å²) in [5, 5.41) is 34.2. The molecule has 0 aromatic rings. The van der Waals surface area contributed by atoms with Gasteiger partial charge in [0.15, 0.2) is 6.23 Å². The van der Waals surface area contributed by atoms with Crippen molar-refractivity contribution in [2.75, 3.05) is 13.2 Å². The van der Waals surface area contributed by atoms with Crippen molar-refractivity contribution < 1.29 is 29.6 Å². The van der Waals surface area contributed by atoms with E-state index in [0.29, 0.717) is 0 Å². The molecule has 2 aliphatic rings. The molecule has 2 rings (SSSR count). The Balaban J connectivity index is 2.24. The van der Waals surface area contributed by atoms with Crippen molar-refractivity contribution in [3.8, 4) is 0 Å². The Morgan fingerprint density at radius 1 is 1.55 bits per heavy atom. The Bertz CT molecular complexity index is 479. The predicted octanol–water partition coefficient (Wildman–Crippen LogP) is -1.99. The molecule has 4 N–H and O–H groups in total. The van der Waals surface area contributed by atoms with Gasteiger partial charge in [0, 0.05) is 17.9 Å². The van der Waals surface area contributed by atoms with E-state index >= 15 is 0 Å². The van der Waals surface area contributed by atoms with Crippen molar-refractivity contribution in [1.29, 1.82) is 0 Å². The first-order valence-electron chi connectivity index (χ1n) is 5.76. The number of amides is 3. The van der Waals surface area contributed by atoms with Crippen molar-refractivity contribution in [3.63, 3.8) is 0 Å². The molecule has 2 fully saturated rings. The van der Waals surface area contributed by atoms with Crippen molar-refractivity contribution in [2.24, 2.45) is 5.11 Å². The van der Waals surface area contributed by atoms with Crippen molar-refractivity contribution in [2.45, 2.75) is 30.6 Å². The average molecular weight is 287 g/mol. The Labute approximate surface area is 112 Å². The first-order valence-corrected chi connectivity index (χ1v) is 5.76. The summed E-state index contributed by atoms with van der Waals surface area (Å²) in [5.41, 5.74) is 6.38. The molecule has 0 aromatic carbocycles. The third-order valence-electron chi connectivity index (χ3n) is 3.24. The zero-order chi connectivity index (χ0) is 14.9. The minimum atomic E-state index is -2.07. The average Bonchev–Trinajstić information content (AvgIpc) is 2.65. The number of imide groups is 1. The molecule has 20 heavy (non-hydrogen) atoms. The van der Waals surface area contributed by atoms with Gasteiger partial charge in [-0.05, 0) is 5.53 Å². The second kappa shape index (κ2) is 5.23. The molecule has 110 valence electrons. The van der Waals surface area contributed by atoms with Gasteiger partial charge in [0.25, 0.3) is 0 Å². The molecule has 0 aromatic heterocycles. The lowest BCUT2D eigenvalue weighted by atomic mass is 10.1. The Kier molecular flexibility index (Phi) is 3.79. The lowest BCUT2D eigenvalue weighted by Crippen LogP contribution is -2.56. The fourth-order valence-corrected chi connectivity index (χ4v) is 2.16. The zero-order valence-corrected chi connectivity index (χ0v) is 10.2. The van der Waals surface area contributed by atoms with Gasteiger partial charge in [-0.1, -0.05) is 5.11 Å². The van der Waals surface area contributed by atoms with Crippen molar-refractivity contribution in [3.05, 3.63) is 10.4 Å². The van der Waals surface area contributed by atoms with Crippen LogP contribution in [0.3, 0.4) is 0 Å². The maximum atomic E-state index is 11.7. The third-order valence-corrected chi connectivity index (χ3v) is 3.24. The minimum absolute atomic E-state index is 0.00204. The van der Waals surface area contributed by atoms with Crippen LogP contribution < -0.4 is 5.32 Å². The molecule has 0 spiro atoms. The zero-order valence-electron chi connectivity index (χ0n) is 10.2. The molecule has 0 unspecified atom stereocenters. The highest BCUT2D eigenvalue weighted by molar-refractivity contribution is 5.96. The molecule has 4 atom stereocenters. The van der Waals surface area contributed by atoms with E-state index in [-0.39, 0.29) is 13.0 Å². The maximum Gasteiger partial charge on any atom is 0.326 e. The number of hydrogen-bond acceptors (Lipinski definition) is 7. The number of nitrogens with zero attached hydrogens (tertiary/aromatic N) is 4. The summed E-state index contributed by atoms with van der Waals surface area (Å²) in [5.74, 6) is -0.470. The number of rotatable bonds is 3. The smallest absolute Gasteiger partial charge is 0.326 e. The van der Waals surface area contributed by atoms with Gasteiger partial charge < -0.3 is 20.1 Å². The number of aliphatic hydroxyl groups is 3.